The molecule has 10 heteroatoms. The lowest BCUT2D eigenvalue weighted by atomic mass is 10.0. The van der Waals surface area contributed by atoms with Crippen LogP contribution in [-0.2, 0) is 10.0 Å². The third kappa shape index (κ3) is 4.06. The van der Waals surface area contributed by atoms with Gasteiger partial charge in [-0.25, -0.2) is 13.4 Å². The van der Waals surface area contributed by atoms with E-state index in [-0.39, 0.29) is 15.6 Å². The average Bonchev–Trinajstić information content (AvgIpc) is 3.51. The van der Waals surface area contributed by atoms with Crippen molar-refractivity contribution in [3.8, 4) is 11.3 Å². The maximum atomic E-state index is 13.4. The van der Waals surface area contributed by atoms with Crippen LogP contribution in [0.15, 0.2) is 64.0 Å². The van der Waals surface area contributed by atoms with Crippen molar-refractivity contribution in [1.82, 2.24) is 14.4 Å². The van der Waals surface area contributed by atoms with Gasteiger partial charge in [0.25, 0.3) is 11.6 Å². The molecular formula is C24H21ClN4O4S. The molecule has 174 valence electrons. The summed E-state index contributed by atoms with van der Waals surface area (Å²) in [5.41, 5.74) is 2.79. The van der Waals surface area contributed by atoms with Gasteiger partial charge in [-0.1, -0.05) is 47.1 Å². The van der Waals surface area contributed by atoms with Crippen molar-refractivity contribution in [3.63, 3.8) is 0 Å². The van der Waals surface area contributed by atoms with Gasteiger partial charge in [0.05, 0.1) is 27.4 Å². The van der Waals surface area contributed by atoms with Crippen LogP contribution in [0, 0.1) is 6.92 Å². The molecule has 2 aromatic carbocycles. The average molecular weight is 497 g/mol. The number of sulfonamides is 1. The third-order valence-corrected chi connectivity index (χ3v) is 8.18. The van der Waals surface area contributed by atoms with Gasteiger partial charge >= 0.3 is 0 Å². The number of halogens is 1. The first kappa shape index (κ1) is 22.5. The minimum absolute atomic E-state index is 0.0279. The van der Waals surface area contributed by atoms with Gasteiger partial charge in [0.15, 0.2) is 0 Å². The van der Waals surface area contributed by atoms with Crippen molar-refractivity contribution in [2.45, 2.75) is 24.7 Å². The number of pyridine rings is 1. The Bertz CT molecular complexity index is 1500. The summed E-state index contributed by atoms with van der Waals surface area (Å²) in [5.74, 6) is -0.442. The SMILES string of the molecule is Cc1noc2nc(-c3ccccc3)cc(C(=O)Nc3ccc(Cl)c(S(=O)(=O)N4CCCC4)c3)c12. The van der Waals surface area contributed by atoms with Crippen LogP contribution in [0.1, 0.15) is 28.9 Å². The molecule has 0 atom stereocenters. The fourth-order valence-electron chi connectivity index (χ4n) is 4.08. The second-order valence-corrected chi connectivity index (χ2v) is 10.4. The smallest absolute Gasteiger partial charge is 0.259 e. The molecule has 8 nitrogen and oxygen atoms in total. The number of rotatable bonds is 5. The molecule has 1 saturated heterocycles. The number of anilines is 1. The monoisotopic (exact) mass is 496 g/mol. The first-order valence-electron chi connectivity index (χ1n) is 10.8. The summed E-state index contributed by atoms with van der Waals surface area (Å²) in [6.07, 6.45) is 1.63. The Hall–Kier alpha value is -3.27. The highest BCUT2D eigenvalue weighted by atomic mass is 35.5. The summed E-state index contributed by atoms with van der Waals surface area (Å²) in [6, 6.07) is 15.5. The largest absolute Gasteiger partial charge is 0.335 e. The molecule has 0 unspecified atom stereocenters. The van der Waals surface area contributed by atoms with Crippen LogP contribution < -0.4 is 5.32 Å². The number of aromatic nitrogens is 2. The number of carbonyl (C=O) groups is 1. The molecule has 1 aliphatic heterocycles. The molecule has 0 aliphatic carbocycles. The van der Waals surface area contributed by atoms with E-state index in [4.69, 9.17) is 16.1 Å². The number of carbonyl (C=O) groups excluding carboxylic acids is 1. The zero-order valence-corrected chi connectivity index (χ0v) is 19.9. The summed E-state index contributed by atoms with van der Waals surface area (Å²) in [5, 5.41) is 7.37. The molecule has 0 saturated carbocycles. The van der Waals surface area contributed by atoms with E-state index < -0.39 is 15.9 Å². The minimum atomic E-state index is -3.75. The molecular weight excluding hydrogens is 476 g/mol. The first-order valence-corrected chi connectivity index (χ1v) is 12.6. The molecule has 0 spiro atoms. The van der Waals surface area contributed by atoms with Crippen molar-refractivity contribution in [1.29, 1.82) is 0 Å². The van der Waals surface area contributed by atoms with Gasteiger partial charge in [-0.15, -0.1) is 0 Å². The van der Waals surface area contributed by atoms with Crippen LogP contribution in [0.25, 0.3) is 22.4 Å². The van der Waals surface area contributed by atoms with E-state index in [1.807, 2.05) is 30.3 Å². The highest BCUT2D eigenvalue weighted by Gasteiger charge is 2.29. The van der Waals surface area contributed by atoms with Crippen molar-refractivity contribution in [3.05, 3.63) is 70.9 Å². The quantitative estimate of drug-likeness (QED) is 0.421. The zero-order chi connectivity index (χ0) is 23.9. The first-order chi connectivity index (χ1) is 16.3. The Morgan fingerprint density at radius 2 is 1.82 bits per heavy atom. The molecule has 5 rings (SSSR count). The molecule has 3 heterocycles. The predicted octanol–water partition coefficient (Wildman–Crippen LogP) is 4.89. The van der Waals surface area contributed by atoms with Crippen LogP contribution in [0.2, 0.25) is 5.02 Å². The Kier molecular flexibility index (Phi) is 5.85. The highest BCUT2D eigenvalue weighted by molar-refractivity contribution is 7.89. The number of amides is 1. The van der Waals surface area contributed by atoms with E-state index in [1.165, 1.54) is 16.4 Å². The van der Waals surface area contributed by atoms with Gasteiger partial charge in [0.2, 0.25) is 10.0 Å². The summed E-state index contributed by atoms with van der Waals surface area (Å²) in [6.45, 7) is 2.65. The Morgan fingerprint density at radius 3 is 2.56 bits per heavy atom. The Labute approximate surface area is 201 Å². The van der Waals surface area contributed by atoms with Crippen molar-refractivity contribution >= 4 is 44.3 Å². The molecule has 4 aromatic rings. The van der Waals surface area contributed by atoms with Crippen molar-refractivity contribution in [2.75, 3.05) is 18.4 Å². The summed E-state index contributed by atoms with van der Waals surface area (Å²) in [4.78, 5) is 17.8. The van der Waals surface area contributed by atoms with E-state index in [0.717, 1.165) is 18.4 Å². The van der Waals surface area contributed by atoms with Gasteiger partial charge < -0.3 is 9.84 Å². The van der Waals surface area contributed by atoms with Crippen LogP contribution in [-0.4, -0.2) is 41.9 Å². The van der Waals surface area contributed by atoms with Gasteiger partial charge in [0, 0.05) is 24.3 Å². The fourth-order valence-corrected chi connectivity index (χ4v) is 6.09. The Morgan fingerprint density at radius 1 is 1.09 bits per heavy atom. The zero-order valence-electron chi connectivity index (χ0n) is 18.3. The number of hydrogen-bond donors (Lipinski definition) is 1. The number of nitrogens with zero attached hydrogens (tertiary/aromatic N) is 3. The van der Waals surface area contributed by atoms with Crippen LogP contribution >= 0.6 is 11.6 Å². The molecule has 0 bridgehead atoms. The molecule has 1 N–H and O–H groups in total. The molecule has 1 amide bonds. The van der Waals surface area contributed by atoms with Crippen LogP contribution in [0.5, 0.6) is 0 Å². The van der Waals surface area contributed by atoms with E-state index in [0.29, 0.717) is 41.1 Å². The second kappa shape index (κ2) is 8.83. The molecule has 2 aromatic heterocycles. The fraction of sp³-hybridized carbons (Fsp3) is 0.208. The third-order valence-electron chi connectivity index (χ3n) is 5.80. The van der Waals surface area contributed by atoms with E-state index in [9.17, 15) is 13.2 Å². The Balaban J connectivity index is 1.53. The van der Waals surface area contributed by atoms with Crippen LogP contribution in [0.3, 0.4) is 0 Å². The number of nitrogens with one attached hydrogen (secondary N) is 1. The van der Waals surface area contributed by atoms with Gasteiger partial charge in [-0.3, -0.25) is 4.79 Å². The van der Waals surface area contributed by atoms with Gasteiger partial charge in [0.1, 0.15) is 4.90 Å². The maximum Gasteiger partial charge on any atom is 0.259 e. The normalized spacial score (nSPS) is 14.5. The van der Waals surface area contributed by atoms with Gasteiger partial charge in [-0.2, -0.15) is 4.31 Å². The standard InChI is InChI=1S/C24H21ClN4O4S/c1-15-22-18(14-20(27-24(22)33-28-15)16-7-3-2-4-8-16)23(30)26-17-9-10-19(25)21(13-17)34(31,32)29-11-5-6-12-29/h2-4,7-10,13-14H,5-6,11-12H2,1H3,(H,26,30). The van der Waals surface area contributed by atoms with Gasteiger partial charge in [-0.05, 0) is 44.0 Å². The number of benzene rings is 2. The summed E-state index contributed by atoms with van der Waals surface area (Å²) < 4.78 is 32.9. The molecule has 1 fully saturated rings. The number of aryl methyl sites for hydroxylation is 1. The maximum absolute atomic E-state index is 13.4. The lowest BCUT2D eigenvalue weighted by Gasteiger charge is -2.17. The second-order valence-electron chi connectivity index (χ2n) is 8.08. The molecule has 34 heavy (non-hydrogen) atoms. The number of fused-ring (bicyclic) bond motifs is 1. The van der Waals surface area contributed by atoms with E-state index >= 15 is 0 Å². The van der Waals surface area contributed by atoms with Crippen LogP contribution in [0.4, 0.5) is 5.69 Å². The molecule has 0 radical (unpaired) electrons. The van der Waals surface area contributed by atoms with Crippen molar-refractivity contribution in [2.24, 2.45) is 0 Å². The van der Waals surface area contributed by atoms with Crippen molar-refractivity contribution < 1.29 is 17.7 Å². The topological polar surface area (TPSA) is 105 Å². The summed E-state index contributed by atoms with van der Waals surface area (Å²) in [7, 11) is -3.75. The lowest BCUT2D eigenvalue weighted by molar-refractivity contribution is 0.102. The predicted molar refractivity (Wildman–Crippen MR) is 129 cm³/mol. The summed E-state index contributed by atoms with van der Waals surface area (Å²) >= 11 is 6.24. The number of hydrogen-bond acceptors (Lipinski definition) is 6. The van der Waals surface area contributed by atoms with E-state index in [2.05, 4.69) is 15.5 Å². The minimum Gasteiger partial charge on any atom is -0.335 e. The van der Waals surface area contributed by atoms with E-state index in [1.54, 1.807) is 19.1 Å². The highest BCUT2D eigenvalue weighted by Crippen LogP contribution is 2.31. The lowest BCUT2D eigenvalue weighted by Crippen LogP contribution is -2.28. The molecule has 1 aliphatic rings.